The fraction of sp³-hybridized carbons (Fsp3) is 0.500. The number of rotatable bonds is 3. The molecule has 1 aliphatic rings. The molecule has 0 bridgehead atoms. The van der Waals surface area contributed by atoms with Gasteiger partial charge in [-0.2, -0.15) is 0 Å². The van der Waals surface area contributed by atoms with Gasteiger partial charge in [-0.3, -0.25) is 0 Å². The maximum atomic E-state index is 14.0. The van der Waals surface area contributed by atoms with Crippen LogP contribution in [0, 0.1) is 11.7 Å². The second-order valence-corrected chi connectivity index (χ2v) is 4.95. The number of ether oxygens (including phenoxy) is 1. The maximum absolute atomic E-state index is 14.0. The van der Waals surface area contributed by atoms with Crippen LogP contribution in [-0.4, -0.2) is 25.7 Å². The number of carbonyl (C=O) groups excluding carboxylic acids is 1. The van der Waals surface area contributed by atoms with Gasteiger partial charge in [0, 0.05) is 18.8 Å². The van der Waals surface area contributed by atoms with E-state index in [9.17, 15) is 9.18 Å². The lowest BCUT2D eigenvalue weighted by atomic mass is 10.1. The summed E-state index contributed by atoms with van der Waals surface area (Å²) in [4.78, 5) is 13.7. The highest BCUT2D eigenvalue weighted by atomic mass is 19.1. The SMILES string of the molecule is CCOC(=O)c1cc(N2CCC(C)C2)c(F)cc1N. The predicted octanol–water partition coefficient (Wildman–Crippen LogP) is 2.43. The monoisotopic (exact) mass is 266 g/mol. The van der Waals surface area contributed by atoms with Gasteiger partial charge < -0.3 is 15.4 Å². The molecule has 0 spiro atoms. The molecule has 0 amide bonds. The number of benzene rings is 1. The van der Waals surface area contributed by atoms with E-state index in [1.54, 1.807) is 6.92 Å². The average molecular weight is 266 g/mol. The van der Waals surface area contributed by atoms with Crippen LogP contribution in [0.2, 0.25) is 0 Å². The molecule has 1 aromatic rings. The van der Waals surface area contributed by atoms with Crippen molar-refractivity contribution < 1.29 is 13.9 Å². The van der Waals surface area contributed by atoms with Crippen LogP contribution in [0.4, 0.5) is 15.8 Å². The normalized spacial score (nSPS) is 18.7. The Morgan fingerprint density at radius 3 is 2.89 bits per heavy atom. The molecule has 0 aromatic heterocycles. The van der Waals surface area contributed by atoms with Crippen molar-refractivity contribution in [2.75, 3.05) is 30.3 Å². The smallest absolute Gasteiger partial charge is 0.340 e. The van der Waals surface area contributed by atoms with Crippen LogP contribution in [0.25, 0.3) is 0 Å². The molecule has 1 aliphatic heterocycles. The molecule has 104 valence electrons. The quantitative estimate of drug-likeness (QED) is 0.674. The van der Waals surface area contributed by atoms with Crippen molar-refractivity contribution in [2.45, 2.75) is 20.3 Å². The lowest BCUT2D eigenvalue weighted by Gasteiger charge is -2.20. The molecule has 19 heavy (non-hydrogen) atoms. The minimum absolute atomic E-state index is 0.118. The predicted molar refractivity (Wildman–Crippen MR) is 72.8 cm³/mol. The first kappa shape index (κ1) is 13.6. The fourth-order valence-corrected chi connectivity index (χ4v) is 2.36. The third-order valence-corrected chi connectivity index (χ3v) is 3.38. The molecule has 1 heterocycles. The second kappa shape index (κ2) is 5.47. The summed E-state index contributed by atoms with van der Waals surface area (Å²) in [5.41, 5.74) is 6.47. The van der Waals surface area contributed by atoms with Crippen molar-refractivity contribution in [3.8, 4) is 0 Å². The summed E-state index contributed by atoms with van der Waals surface area (Å²) in [6.07, 6.45) is 1.03. The van der Waals surface area contributed by atoms with E-state index in [2.05, 4.69) is 6.92 Å². The van der Waals surface area contributed by atoms with Crippen molar-refractivity contribution in [3.05, 3.63) is 23.5 Å². The third kappa shape index (κ3) is 2.80. The van der Waals surface area contributed by atoms with Crippen molar-refractivity contribution in [1.29, 1.82) is 0 Å². The number of anilines is 2. The highest BCUT2D eigenvalue weighted by Gasteiger charge is 2.24. The van der Waals surface area contributed by atoms with Crippen molar-refractivity contribution in [3.63, 3.8) is 0 Å². The molecule has 2 rings (SSSR count). The van der Waals surface area contributed by atoms with Gasteiger partial charge in [0.25, 0.3) is 0 Å². The lowest BCUT2D eigenvalue weighted by Crippen LogP contribution is -2.21. The summed E-state index contributed by atoms with van der Waals surface area (Å²) in [5, 5.41) is 0. The Bertz CT molecular complexity index is 491. The number of nitrogen functional groups attached to an aromatic ring is 1. The Morgan fingerprint density at radius 1 is 1.58 bits per heavy atom. The van der Waals surface area contributed by atoms with E-state index in [4.69, 9.17) is 10.5 Å². The Morgan fingerprint density at radius 2 is 2.32 bits per heavy atom. The third-order valence-electron chi connectivity index (χ3n) is 3.38. The Balaban J connectivity index is 2.33. The van der Waals surface area contributed by atoms with Gasteiger partial charge in [-0.1, -0.05) is 6.92 Å². The van der Waals surface area contributed by atoms with Gasteiger partial charge in [-0.05, 0) is 31.4 Å². The molecular weight excluding hydrogens is 247 g/mol. The molecule has 5 heteroatoms. The Hall–Kier alpha value is -1.78. The summed E-state index contributed by atoms with van der Waals surface area (Å²) in [5.74, 6) is -0.365. The van der Waals surface area contributed by atoms with Gasteiger partial charge in [0.15, 0.2) is 0 Å². The van der Waals surface area contributed by atoms with Crippen LogP contribution < -0.4 is 10.6 Å². The first-order valence-corrected chi connectivity index (χ1v) is 6.54. The zero-order chi connectivity index (χ0) is 14.0. The lowest BCUT2D eigenvalue weighted by molar-refractivity contribution is 0.0527. The highest BCUT2D eigenvalue weighted by Crippen LogP contribution is 2.30. The Kier molecular flexibility index (Phi) is 3.93. The molecule has 1 unspecified atom stereocenters. The van der Waals surface area contributed by atoms with Crippen molar-refractivity contribution >= 4 is 17.3 Å². The Labute approximate surface area is 112 Å². The zero-order valence-electron chi connectivity index (χ0n) is 11.3. The number of carbonyl (C=O) groups is 1. The summed E-state index contributed by atoms with van der Waals surface area (Å²) in [6.45, 7) is 5.71. The largest absolute Gasteiger partial charge is 0.462 e. The van der Waals surface area contributed by atoms with Crippen molar-refractivity contribution in [2.24, 2.45) is 5.92 Å². The zero-order valence-corrected chi connectivity index (χ0v) is 11.3. The van der Waals surface area contributed by atoms with Crippen LogP contribution in [0.1, 0.15) is 30.6 Å². The molecule has 1 fully saturated rings. The summed E-state index contributed by atoms with van der Waals surface area (Å²) in [7, 11) is 0. The van der Waals surface area contributed by atoms with E-state index < -0.39 is 5.97 Å². The average Bonchev–Trinajstić information content (AvgIpc) is 2.76. The molecule has 2 N–H and O–H groups in total. The molecular formula is C14H19FN2O2. The molecule has 1 aromatic carbocycles. The van der Waals surface area contributed by atoms with Crippen LogP contribution in [0.5, 0.6) is 0 Å². The van der Waals surface area contributed by atoms with Crippen LogP contribution in [0.3, 0.4) is 0 Å². The van der Waals surface area contributed by atoms with E-state index in [0.717, 1.165) is 19.5 Å². The molecule has 1 saturated heterocycles. The van der Waals surface area contributed by atoms with E-state index in [-0.39, 0.29) is 23.7 Å². The number of nitrogens with two attached hydrogens (primary N) is 1. The van der Waals surface area contributed by atoms with Crippen LogP contribution in [-0.2, 0) is 4.74 Å². The van der Waals surface area contributed by atoms with E-state index in [0.29, 0.717) is 11.6 Å². The van der Waals surface area contributed by atoms with Gasteiger partial charge in [0.2, 0.25) is 0 Å². The van der Waals surface area contributed by atoms with Crippen LogP contribution in [0.15, 0.2) is 12.1 Å². The first-order chi connectivity index (χ1) is 9.02. The van der Waals surface area contributed by atoms with Gasteiger partial charge in [-0.15, -0.1) is 0 Å². The topological polar surface area (TPSA) is 55.6 Å². The van der Waals surface area contributed by atoms with E-state index >= 15 is 0 Å². The number of esters is 1. The number of hydrogen-bond acceptors (Lipinski definition) is 4. The molecule has 4 nitrogen and oxygen atoms in total. The van der Waals surface area contributed by atoms with Crippen LogP contribution >= 0.6 is 0 Å². The molecule has 1 atom stereocenters. The van der Waals surface area contributed by atoms with E-state index in [1.165, 1.54) is 12.1 Å². The van der Waals surface area contributed by atoms with E-state index in [1.807, 2.05) is 4.90 Å². The standard InChI is InChI=1S/C14H19FN2O2/c1-3-19-14(18)10-6-13(11(15)7-12(10)16)17-5-4-9(2)8-17/h6-7,9H,3-5,8,16H2,1-2H3. The van der Waals surface area contributed by atoms with Gasteiger partial charge in [-0.25, -0.2) is 9.18 Å². The fourth-order valence-electron chi connectivity index (χ4n) is 2.36. The van der Waals surface area contributed by atoms with Gasteiger partial charge in [0.1, 0.15) is 5.82 Å². The van der Waals surface area contributed by atoms with Crippen molar-refractivity contribution in [1.82, 2.24) is 0 Å². The number of nitrogens with zero attached hydrogens (tertiary/aromatic N) is 1. The molecule has 0 saturated carbocycles. The first-order valence-electron chi connectivity index (χ1n) is 6.54. The molecule has 0 radical (unpaired) electrons. The van der Waals surface area contributed by atoms with Gasteiger partial charge >= 0.3 is 5.97 Å². The maximum Gasteiger partial charge on any atom is 0.340 e. The summed E-state index contributed by atoms with van der Waals surface area (Å²) in [6, 6.07) is 2.70. The summed E-state index contributed by atoms with van der Waals surface area (Å²) < 4.78 is 18.9. The van der Waals surface area contributed by atoms with Gasteiger partial charge in [0.05, 0.1) is 17.9 Å². The minimum atomic E-state index is -0.506. The molecule has 0 aliphatic carbocycles. The summed E-state index contributed by atoms with van der Waals surface area (Å²) >= 11 is 0. The minimum Gasteiger partial charge on any atom is -0.462 e. The number of halogens is 1. The second-order valence-electron chi connectivity index (χ2n) is 4.95. The highest BCUT2D eigenvalue weighted by molar-refractivity contribution is 5.96. The number of hydrogen-bond donors (Lipinski definition) is 1.